The Balaban J connectivity index is 0.00000157. The molecule has 0 bridgehead atoms. The van der Waals surface area contributed by atoms with E-state index in [0.29, 0.717) is 48.2 Å². The first-order valence-electron chi connectivity index (χ1n) is 9.89. The van der Waals surface area contributed by atoms with Crippen molar-refractivity contribution in [1.29, 1.82) is 0 Å². The average Bonchev–Trinajstić information content (AvgIpc) is 3.19. The summed E-state index contributed by atoms with van der Waals surface area (Å²) in [5.41, 5.74) is -0.205. The second-order valence-corrected chi connectivity index (χ2v) is 9.84. The van der Waals surface area contributed by atoms with Crippen LogP contribution < -0.4 is 0 Å². The Bertz CT molecular complexity index is 648. The van der Waals surface area contributed by atoms with Gasteiger partial charge in [0.15, 0.2) is 5.78 Å². The van der Waals surface area contributed by atoms with Crippen LogP contribution in [0.15, 0.2) is 11.6 Å². The van der Waals surface area contributed by atoms with E-state index in [-0.39, 0.29) is 61.5 Å². The van der Waals surface area contributed by atoms with E-state index in [0.717, 1.165) is 25.7 Å². The molecule has 0 unspecified atom stereocenters. The van der Waals surface area contributed by atoms with E-state index in [4.69, 9.17) is 0 Å². The molecule has 4 saturated carbocycles. The Morgan fingerprint density at radius 2 is 2.08 bits per heavy atom. The van der Waals surface area contributed by atoms with Crippen LogP contribution in [-0.4, -0.2) is 23.2 Å². The smallest absolute Gasteiger partial charge is 0.155 e. The Morgan fingerprint density at radius 3 is 2.80 bits per heavy atom. The van der Waals surface area contributed by atoms with Crippen molar-refractivity contribution in [3.8, 4) is 0 Å². The van der Waals surface area contributed by atoms with Gasteiger partial charge in [-0.15, -0.1) is 0 Å². The molecule has 0 heterocycles. The molecule has 25 heavy (non-hydrogen) atoms. The maximum absolute atomic E-state index is 15.6. The van der Waals surface area contributed by atoms with E-state index in [1.54, 1.807) is 0 Å². The normalized spacial score (nSPS) is 55.9. The standard InChI is InChI=1S/C21H29FO2.Ac/c1-12-7-13-8-15(24)3-4-16(13)17-5-6-19(2)20(22,11-23)9-14-10-21(14,19)18(12)17;/h8,12,14,16-18,23H,3-7,9-11H2,1-2H3;/t12-,14+,16+,17-,18-,19-,20-,21-;/m1./s1. The summed E-state index contributed by atoms with van der Waals surface area (Å²) in [5.74, 6) is 3.10. The minimum atomic E-state index is -1.38. The first-order chi connectivity index (χ1) is 11.4. The number of ketones is 1. The van der Waals surface area contributed by atoms with Crippen LogP contribution in [0.25, 0.3) is 0 Å². The Hall–Kier alpha value is 0.742. The number of allylic oxidation sites excluding steroid dienone is 1. The second kappa shape index (κ2) is 5.87. The summed E-state index contributed by atoms with van der Waals surface area (Å²) in [6.07, 6.45) is 8.40. The second-order valence-electron chi connectivity index (χ2n) is 9.84. The quantitative estimate of drug-likeness (QED) is 0.526. The zero-order valence-electron chi connectivity index (χ0n) is 15.4. The van der Waals surface area contributed by atoms with Crippen LogP contribution in [0.1, 0.15) is 58.8 Å². The zero-order valence-corrected chi connectivity index (χ0v) is 20.2. The van der Waals surface area contributed by atoms with Crippen molar-refractivity contribution in [2.75, 3.05) is 6.61 Å². The SMILES string of the molecule is C[C@@H]1CC2=CC(=O)CC[C@@H]2[C@H]2CC[C@]3(C)[C@](F)(CO)C[C@H]4C[C@]43[C@@H]21.[Ac]. The third kappa shape index (κ3) is 2.17. The molecule has 0 amide bonds. The minimum Gasteiger partial charge on any atom is -0.393 e. The first-order valence-corrected chi connectivity index (χ1v) is 9.89. The van der Waals surface area contributed by atoms with Crippen LogP contribution in [0, 0.1) is 84.5 Å². The number of rotatable bonds is 1. The molecule has 5 aliphatic carbocycles. The molecule has 0 aliphatic heterocycles. The molecule has 5 rings (SSSR count). The number of carbonyl (C=O) groups excluding carboxylic acids is 1. The molecule has 1 radical (unpaired) electrons. The summed E-state index contributed by atoms with van der Waals surface area (Å²) in [5, 5.41) is 9.82. The number of carbonyl (C=O) groups is 1. The molecule has 4 heteroatoms. The number of hydrogen-bond donors (Lipinski definition) is 1. The molecule has 2 nitrogen and oxygen atoms in total. The Labute approximate surface area is 185 Å². The van der Waals surface area contributed by atoms with E-state index in [9.17, 15) is 9.90 Å². The van der Waals surface area contributed by atoms with Crippen LogP contribution in [0.2, 0.25) is 0 Å². The van der Waals surface area contributed by atoms with Gasteiger partial charge in [-0.2, -0.15) is 0 Å². The van der Waals surface area contributed by atoms with Crippen molar-refractivity contribution in [2.24, 2.45) is 40.4 Å². The molecule has 135 valence electrons. The topological polar surface area (TPSA) is 37.3 Å². The molecular weight excluding hydrogens is 530 g/mol. The van der Waals surface area contributed by atoms with Crippen LogP contribution in [0.4, 0.5) is 4.39 Å². The summed E-state index contributed by atoms with van der Waals surface area (Å²) in [6.45, 7) is 4.17. The van der Waals surface area contributed by atoms with Gasteiger partial charge in [0, 0.05) is 55.9 Å². The molecule has 0 aromatic carbocycles. The fourth-order valence-corrected chi connectivity index (χ4v) is 8.25. The minimum absolute atomic E-state index is 0. The number of aliphatic hydroxyl groups is 1. The van der Waals surface area contributed by atoms with Crippen molar-refractivity contribution in [2.45, 2.75) is 64.5 Å². The molecular formula is C21H29AcFO2. The van der Waals surface area contributed by atoms with Gasteiger partial charge in [-0.25, -0.2) is 4.39 Å². The predicted octanol–water partition coefficient (Wildman–Crippen LogP) is 4.07. The maximum Gasteiger partial charge on any atom is 0.155 e. The third-order valence-corrected chi connectivity index (χ3v) is 9.23. The largest absolute Gasteiger partial charge is 0.393 e. The van der Waals surface area contributed by atoms with E-state index < -0.39 is 5.67 Å². The van der Waals surface area contributed by atoms with E-state index in [1.165, 1.54) is 12.0 Å². The summed E-state index contributed by atoms with van der Waals surface area (Å²) in [7, 11) is 0. The summed E-state index contributed by atoms with van der Waals surface area (Å²) >= 11 is 0. The first kappa shape index (κ1) is 19.1. The monoisotopic (exact) mass is 559 g/mol. The van der Waals surface area contributed by atoms with E-state index in [2.05, 4.69) is 13.8 Å². The number of alkyl halides is 1. The van der Waals surface area contributed by atoms with Crippen molar-refractivity contribution >= 4 is 5.78 Å². The number of aliphatic hydroxyl groups excluding tert-OH is 1. The van der Waals surface area contributed by atoms with Gasteiger partial charge in [-0.3, -0.25) is 4.79 Å². The van der Waals surface area contributed by atoms with Gasteiger partial charge in [0.2, 0.25) is 0 Å². The average molecular weight is 559 g/mol. The molecule has 1 N–H and O–H groups in total. The zero-order chi connectivity index (χ0) is 16.9. The fraction of sp³-hybridized carbons (Fsp3) is 0.857. The van der Waals surface area contributed by atoms with Gasteiger partial charge in [-0.05, 0) is 79.6 Å². The van der Waals surface area contributed by atoms with Gasteiger partial charge in [0.25, 0.3) is 0 Å². The molecule has 1 spiro atoms. The summed E-state index contributed by atoms with van der Waals surface area (Å²) < 4.78 is 15.6. The molecule has 8 atom stereocenters. The number of halogens is 1. The molecule has 0 aromatic heterocycles. The van der Waals surface area contributed by atoms with E-state index in [1.807, 2.05) is 6.08 Å². The molecule has 0 aromatic rings. The fourth-order valence-electron chi connectivity index (χ4n) is 8.25. The van der Waals surface area contributed by atoms with Crippen LogP contribution in [0.3, 0.4) is 0 Å². The summed E-state index contributed by atoms with van der Waals surface area (Å²) in [6, 6.07) is 0. The van der Waals surface area contributed by atoms with Crippen molar-refractivity contribution in [1.82, 2.24) is 0 Å². The van der Waals surface area contributed by atoms with Crippen molar-refractivity contribution in [3.05, 3.63) is 11.6 Å². The molecule has 4 fully saturated rings. The van der Waals surface area contributed by atoms with Crippen LogP contribution in [-0.2, 0) is 4.79 Å². The van der Waals surface area contributed by atoms with E-state index >= 15 is 4.39 Å². The summed E-state index contributed by atoms with van der Waals surface area (Å²) in [4.78, 5) is 11.9. The third-order valence-electron chi connectivity index (χ3n) is 9.23. The number of fused-ring (bicyclic) bond motifs is 3. The van der Waals surface area contributed by atoms with Gasteiger partial charge in [0.05, 0.1) is 6.61 Å². The van der Waals surface area contributed by atoms with Crippen LogP contribution in [0.5, 0.6) is 0 Å². The van der Waals surface area contributed by atoms with Crippen molar-refractivity contribution in [3.63, 3.8) is 0 Å². The van der Waals surface area contributed by atoms with Crippen molar-refractivity contribution < 1.29 is 58.4 Å². The Kier molecular flexibility index (Phi) is 4.48. The van der Waals surface area contributed by atoms with Gasteiger partial charge in [-0.1, -0.05) is 19.4 Å². The van der Waals surface area contributed by atoms with Crippen LogP contribution >= 0.6 is 0 Å². The van der Waals surface area contributed by atoms with Gasteiger partial charge >= 0.3 is 0 Å². The van der Waals surface area contributed by atoms with Gasteiger partial charge in [0.1, 0.15) is 5.67 Å². The molecule has 0 saturated heterocycles. The number of hydrogen-bond acceptors (Lipinski definition) is 2. The van der Waals surface area contributed by atoms with Gasteiger partial charge < -0.3 is 5.11 Å². The Morgan fingerprint density at radius 1 is 1.32 bits per heavy atom. The predicted molar refractivity (Wildman–Crippen MR) is 90.0 cm³/mol. The molecule has 5 aliphatic rings. The maximum atomic E-state index is 15.6.